The molecule has 2 aromatic rings. The van der Waals surface area contributed by atoms with E-state index in [4.69, 9.17) is 9.15 Å². The minimum Gasteiger partial charge on any atom is -0.459 e. The van der Waals surface area contributed by atoms with Crippen LogP contribution in [0.1, 0.15) is 29.0 Å². The number of carbonyl (C=O) groups is 2. The van der Waals surface area contributed by atoms with Crippen LogP contribution in [0.2, 0.25) is 0 Å². The molecule has 1 heterocycles. The molecule has 0 atom stereocenters. The zero-order valence-corrected chi connectivity index (χ0v) is 12.4. The summed E-state index contributed by atoms with van der Waals surface area (Å²) < 4.78 is 48.0. The van der Waals surface area contributed by atoms with Crippen molar-refractivity contribution in [1.29, 1.82) is 0 Å². The summed E-state index contributed by atoms with van der Waals surface area (Å²) in [5, 5.41) is 2.52. The predicted molar refractivity (Wildman–Crippen MR) is 77.4 cm³/mol. The number of alkyl halides is 3. The van der Waals surface area contributed by atoms with Gasteiger partial charge >= 0.3 is 12.1 Å². The molecule has 0 radical (unpaired) electrons. The molecule has 0 bridgehead atoms. The molecule has 0 aliphatic carbocycles. The number of benzene rings is 1. The zero-order valence-electron chi connectivity index (χ0n) is 12.4. The minimum absolute atomic E-state index is 0.134. The van der Waals surface area contributed by atoms with Gasteiger partial charge in [0, 0.05) is 13.0 Å². The second-order valence-corrected chi connectivity index (χ2v) is 4.80. The van der Waals surface area contributed by atoms with Gasteiger partial charge in [-0.15, -0.1) is 0 Å². The average Bonchev–Trinajstić information content (AvgIpc) is 3.05. The lowest BCUT2D eigenvalue weighted by atomic mass is 10.2. The predicted octanol–water partition coefficient (Wildman–Crippen LogP) is 3.41. The van der Waals surface area contributed by atoms with Gasteiger partial charge in [-0.25, -0.2) is 0 Å². The summed E-state index contributed by atoms with van der Waals surface area (Å²) in [5.41, 5.74) is -1.01. The van der Waals surface area contributed by atoms with Gasteiger partial charge in [0.05, 0.1) is 11.8 Å². The molecule has 0 saturated heterocycles. The van der Waals surface area contributed by atoms with Crippen LogP contribution < -0.4 is 10.1 Å². The summed E-state index contributed by atoms with van der Waals surface area (Å²) in [4.78, 5) is 23.2. The fraction of sp³-hybridized carbons (Fsp3) is 0.250. The first-order chi connectivity index (χ1) is 11.4. The van der Waals surface area contributed by atoms with Crippen molar-refractivity contribution in [3.63, 3.8) is 0 Å². The van der Waals surface area contributed by atoms with Crippen molar-refractivity contribution < 1.29 is 31.9 Å². The summed E-state index contributed by atoms with van der Waals surface area (Å²) >= 11 is 0. The summed E-state index contributed by atoms with van der Waals surface area (Å²) in [6.45, 7) is 0.162. The molecule has 1 aromatic carbocycles. The van der Waals surface area contributed by atoms with Crippen LogP contribution in [-0.2, 0) is 11.0 Å². The SMILES string of the molecule is O=C(CCCNC(=O)c1ccco1)Oc1ccccc1C(F)(F)F. The summed E-state index contributed by atoms with van der Waals surface area (Å²) in [5.74, 6) is -1.64. The normalized spacial score (nSPS) is 11.1. The van der Waals surface area contributed by atoms with Crippen LogP contribution in [0.15, 0.2) is 47.1 Å². The standard InChI is InChI=1S/C16H14F3NO4/c17-16(18,19)11-5-1-2-6-12(11)24-14(21)8-3-9-20-15(22)13-7-4-10-23-13/h1-2,4-7,10H,3,8-9H2,(H,20,22). The Kier molecular flexibility index (Phi) is 5.62. The maximum absolute atomic E-state index is 12.8. The summed E-state index contributed by atoms with van der Waals surface area (Å²) in [6, 6.07) is 7.53. The topological polar surface area (TPSA) is 68.5 Å². The highest BCUT2D eigenvalue weighted by Gasteiger charge is 2.34. The fourth-order valence-corrected chi connectivity index (χ4v) is 1.89. The van der Waals surface area contributed by atoms with Crippen LogP contribution in [0.5, 0.6) is 5.75 Å². The first-order valence-corrected chi connectivity index (χ1v) is 7.06. The second-order valence-electron chi connectivity index (χ2n) is 4.80. The van der Waals surface area contributed by atoms with Crippen LogP contribution in [0, 0.1) is 0 Å². The van der Waals surface area contributed by atoms with Crippen LogP contribution in [0.25, 0.3) is 0 Å². The van der Waals surface area contributed by atoms with Gasteiger partial charge in [0.2, 0.25) is 0 Å². The molecule has 2 rings (SSSR count). The van der Waals surface area contributed by atoms with Gasteiger partial charge in [0.1, 0.15) is 5.75 Å². The third-order valence-electron chi connectivity index (χ3n) is 3.00. The van der Waals surface area contributed by atoms with Gasteiger partial charge in [0.25, 0.3) is 5.91 Å². The Morgan fingerprint density at radius 3 is 2.54 bits per heavy atom. The molecule has 0 saturated carbocycles. The van der Waals surface area contributed by atoms with E-state index in [1.807, 2.05) is 0 Å². The first kappa shape index (κ1) is 17.6. The molecule has 0 aliphatic heterocycles. The van der Waals surface area contributed by atoms with Crippen molar-refractivity contribution >= 4 is 11.9 Å². The van der Waals surface area contributed by atoms with E-state index in [2.05, 4.69) is 5.32 Å². The van der Waals surface area contributed by atoms with Gasteiger partial charge in [-0.05, 0) is 30.7 Å². The van der Waals surface area contributed by atoms with Gasteiger partial charge in [-0.3, -0.25) is 9.59 Å². The Balaban J connectivity index is 1.79. The van der Waals surface area contributed by atoms with E-state index in [0.29, 0.717) is 0 Å². The lowest BCUT2D eigenvalue weighted by molar-refractivity contribution is -0.142. The smallest absolute Gasteiger partial charge is 0.419 e. The van der Waals surface area contributed by atoms with Gasteiger partial charge in [-0.2, -0.15) is 13.2 Å². The highest BCUT2D eigenvalue weighted by molar-refractivity contribution is 5.91. The first-order valence-electron chi connectivity index (χ1n) is 7.06. The highest BCUT2D eigenvalue weighted by atomic mass is 19.4. The molecule has 0 spiro atoms. The molecule has 24 heavy (non-hydrogen) atoms. The van der Waals surface area contributed by atoms with Crippen molar-refractivity contribution in [2.75, 3.05) is 6.54 Å². The van der Waals surface area contributed by atoms with E-state index in [1.54, 1.807) is 6.07 Å². The minimum atomic E-state index is -4.60. The molecule has 1 amide bonds. The highest BCUT2D eigenvalue weighted by Crippen LogP contribution is 2.35. The number of furan rings is 1. The molecule has 1 aromatic heterocycles. The van der Waals surface area contributed by atoms with Crippen LogP contribution in [0.3, 0.4) is 0 Å². The zero-order chi connectivity index (χ0) is 17.6. The fourth-order valence-electron chi connectivity index (χ4n) is 1.89. The summed E-state index contributed by atoms with van der Waals surface area (Å²) in [7, 11) is 0. The molecular formula is C16H14F3NO4. The molecule has 1 N–H and O–H groups in total. The molecule has 5 nitrogen and oxygen atoms in total. The Morgan fingerprint density at radius 2 is 1.88 bits per heavy atom. The Morgan fingerprint density at radius 1 is 1.12 bits per heavy atom. The molecule has 0 aliphatic rings. The van der Waals surface area contributed by atoms with E-state index >= 15 is 0 Å². The number of ether oxygens (including phenoxy) is 1. The number of rotatable bonds is 6. The van der Waals surface area contributed by atoms with E-state index in [0.717, 1.165) is 12.1 Å². The second kappa shape index (κ2) is 7.67. The molecule has 128 valence electrons. The number of nitrogens with one attached hydrogen (secondary N) is 1. The number of para-hydroxylation sites is 1. The van der Waals surface area contributed by atoms with Gasteiger partial charge in [-0.1, -0.05) is 12.1 Å². The lowest BCUT2D eigenvalue weighted by Crippen LogP contribution is -2.25. The lowest BCUT2D eigenvalue weighted by Gasteiger charge is -2.12. The number of hydrogen-bond donors (Lipinski definition) is 1. The molecule has 0 fully saturated rings. The Labute approximate surface area is 135 Å². The van der Waals surface area contributed by atoms with Crippen LogP contribution in [0.4, 0.5) is 13.2 Å². The number of esters is 1. The molecule has 0 unspecified atom stereocenters. The molecular weight excluding hydrogens is 327 g/mol. The van der Waals surface area contributed by atoms with Crippen molar-refractivity contribution in [2.45, 2.75) is 19.0 Å². The van der Waals surface area contributed by atoms with Gasteiger partial charge < -0.3 is 14.5 Å². The van der Waals surface area contributed by atoms with Crippen LogP contribution >= 0.6 is 0 Å². The Bertz CT molecular complexity index is 696. The van der Waals surface area contributed by atoms with E-state index < -0.39 is 29.4 Å². The third-order valence-corrected chi connectivity index (χ3v) is 3.00. The third kappa shape index (κ3) is 4.87. The number of amides is 1. The van der Waals surface area contributed by atoms with E-state index in [-0.39, 0.29) is 25.1 Å². The quantitative estimate of drug-likeness (QED) is 0.497. The van der Waals surface area contributed by atoms with Gasteiger partial charge in [0.15, 0.2) is 5.76 Å². The van der Waals surface area contributed by atoms with Crippen molar-refractivity contribution in [3.05, 3.63) is 54.0 Å². The van der Waals surface area contributed by atoms with Crippen molar-refractivity contribution in [1.82, 2.24) is 5.32 Å². The maximum atomic E-state index is 12.8. The largest absolute Gasteiger partial charge is 0.459 e. The van der Waals surface area contributed by atoms with Crippen LogP contribution in [-0.4, -0.2) is 18.4 Å². The van der Waals surface area contributed by atoms with E-state index in [9.17, 15) is 22.8 Å². The number of halogens is 3. The van der Waals surface area contributed by atoms with E-state index in [1.165, 1.54) is 24.5 Å². The van der Waals surface area contributed by atoms with Crippen molar-refractivity contribution in [2.24, 2.45) is 0 Å². The molecule has 8 heteroatoms. The summed E-state index contributed by atoms with van der Waals surface area (Å²) in [6.07, 6.45) is -3.16. The average molecular weight is 341 g/mol. The monoisotopic (exact) mass is 341 g/mol. The Hall–Kier alpha value is -2.77. The number of hydrogen-bond acceptors (Lipinski definition) is 4. The number of carbonyl (C=O) groups excluding carboxylic acids is 2. The van der Waals surface area contributed by atoms with Crippen molar-refractivity contribution in [3.8, 4) is 5.75 Å². The maximum Gasteiger partial charge on any atom is 0.419 e.